The third-order valence-corrected chi connectivity index (χ3v) is 6.02. The Kier molecular flexibility index (Phi) is 4.72. The first kappa shape index (κ1) is 16.3. The Morgan fingerprint density at radius 3 is 2.88 bits per heavy atom. The van der Waals surface area contributed by atoms with Crippen LogP contribution < -0.4 is 0 Å². The van der Waals surface area contributed by atoms with Crippen LogP contribution in [0.5, 0.6) is 0 Å². The molecular formula is C18H26N4OS. The minimum atomic E-state index is 0.288. The number of ether oxygens (including phenoxy) is 1. The molecule has 0 unspecified atom stereocenters. The molecule has 4 rings (SSSR count). The molecule has 2 aromatic heterocycles. The molecule has 0 aromatic carbocycles. The van der Waals surface area contributed by atoms with Crippen LogP contribution in [0.3, 0.4) is 0 Å². The summed E-state index contributed by atoms with van der Waals surface area (Å²) < 4.78 is 7.89. The second-order valence-corrected chi connectivity index (χ2v) is 8.36. The number of likely N-dealkylation sites (tertiary alicyclic amines) is 1. The molecule has 5 nitrogen and oxygen atoms in total. The average Bonchev–Trinajstić information content (AvgIpc) is 3.25. The summed E-state index contributed by atoms with van der Waals surface area (Å²) in [6.45, 7) is 8.27. The molecule has 0 amide bonds. The molecule has 0 saturated carbocycles. The lowest BCUT2D eigenvalue weighted by molar-refractivity contribution is 0.0707. The van der Waals surface area contributed by atoms with Crippen molar-refractivity contribution in [2.45, 2.75) is 19.5 Å². The zero-order valence-electron chi connectivity index (χ0n) is 14.4. The van der Waals surface area contributed by atoms with Gasteiger partial charge in [-0.1, -0.05) is 6.07 Å². The van der Waals surface area contributed by atoms with Crippen LogP contribution in [-0.2, 0) is 24.9 Å². The fourth-order valence-electron chi connectivity index (χ4n) is 4.06. The number of aryl methyl sites for hydroxylation is 1. The molecule has 2 aliphatic heterocycles. The first-order valence-corrected chi connectivity index (χ1v) is 9.61. The van der Waals surface area contributed by atoms with Crippen molar-refractivity contribution in [2.75, 3.05) is 39.4 Å². The van der Waals surface area contributed by atoms with Crippen molar-refractivity contribution in [1.29, 1.82) is 0 Å². The molecule has 2 saturated heterocycles. The Balaban J connectivity index is 1.40. The highest BCUT2D eigenvalue weighted by Gasteiger charge is 2.41. The lowest BCUT2D eigenvalue weighted by Gasteiger charge is -2.31. The Morgan fingerprint density at radius 2 is 2.12 bits per heavy atom. The topological polar surface area (TPSA) is 33.5 Å². The maximum absolute atomic E-state index is 6.00. The Labute approximate surface area is 147 Å². The largest absolute Gasteiger partial charge is 0.379 e. The van der Waals surface area contributed by atoms with E-state index < -0.39 is 0 Å². The van der Waals surface area contributed by atoms with Crippen LogP contribution in [0.4, 0.5) is 0 Å². The summed E-state index contributed by atoms with van der Waals surface area (Å²) in [4.78, 5) is 6.62. The number of thiophene rings is 1. The van der Waals surface area contributed by atoms with Gasteiger partial charge in [0.05, 0.1) is 19.4 Å². The van der Waals surface area contributed by atoms with E-state index in [0.29, 0.717) is 0 Å². The summed E-state index contributed by atoms with van der Waals surface area (Å²) in [7, 11) is 1.98. The molecule has 4 heterocycles. The van der Waals surface area contributed by atoms with Gasteiger partial charge in [0, 0.05) is 61.8 Å². The van der Waals surface area contributed by atoms with Crippen LogP contribution in [0.2, 0.25) is 0 Å². The number of aromatic nitrogens is 2. The SMILES string of the molecule is Cn1cc(CN2CCOC[C@]3(CCN(Cc4cccs4)C3)C2)cn1. The van der Waals surface area contributed by atoms with Crippen molar-refractivity contribution in [2.24, 2.45) is 12.5 Å². The molecule has 0 N–H and O–H groups in total. The van der Waals surface area contributed by atoms with Gasteiger partial charge in [-0.2, -0.15) is 5.10 Å². The van der Waals surface area contributed by atoms with Gasteiger partial charge in [0.25, 0.3) is 0 Å². The summed E-state index contributed by atoms with van der Waals surface area (Å²) in [5.74, 6) is 0. The number of hydrogen-bond donors (Lipinski definition) is 0. The van der Waals surface area contributed by atoms with Gasteiger partial charge in [-0.3, -0.25) is 14.5 Å². The third-order valence-electron chi connectivity index (χ3n) is 5.16. The molecular weight excluding hydrogens is 320 g/mol. The standard InChI is InChI=1S/C18H26N4OS/c1-20-10-16(9-19-20)11-22-6-7-23-15-18(14-22)4-5-21(13-18)12-17-3-2-8-24-17/h2-3,8-10H,4-7,11-15H2,1H3/t18-/m0/s1. The van der Waals surface area contributed by atoms with Crippen LogP contribution in [0.1, 0.15) is 16.9 Å². The van der Waals surface area contributed by atoms with Gasteiger partial charge in [0.1, 0.15) is 0 Å². The lowest BCUT2D eigenvalue weighted by atomic mass is 9.87. The highest BCUT2D eigenvalue weighted by molar-refractivity contribution is 7.09. The number of hydrogen-bond acceptors (Lipinski definition) is 5. The molecule has 1 spiro atoms. The predicted molar refractivity (Wildman–Crippen MR) is 96.0 cm³/mol. The summed E-state index contributed by atoms with van der Waals surface area (Å²) >= 11 is 1.86. The third kappa shape index (κ3) is 3.72. The highest BCUT2D eigenvalue weighted by Crippen LogP contribution is 2.34. The normalized spacial score (nSPS) is 26.2. The summed E-state index contributed by atoms with van der Waals surface area (Å²) in [6.07, 6.45) is 5.34. The summed E-state index contributed by atoms with van der Waals surface area (Å²) in [5.41, 5.74) is 1.58. The van der Waals surface area contributed by atoms with E-state index in [2.05, 4.69) is 38.6 Å². The molecule has 6 heteroatoms. The Bertz CT molecular complexity index is 656. The van der Waals surface area contributed by atoms with Crippen LogP contribution >= 0.6 is 11.3 Å². The Hall–Kier alpha value is -1.21. The molecule has 0 radical (unpaired) electrons. The smallest absolute Gasteiger partial charge is 0.0593 e. The maximum Gasteiger partial charge on any atom is 0.0593 e. The first-order chi connectivity index (χ1) is 11.7. The zero-order chi connectivity index (χ0) is 16.4. The highest BCUT2D eigenvalue weighted by atomic mass is 32.1. The zero-order valence-corrected chi connectivity index (χ0v) is 15.2. The van der Waals surface area contributed by atoms with E-state index in [9.17, 15) is 0 Å². The van der Waals surface area contributed by atoms with Gasteiger partial charge >= 0.3 is 0 Å². The Morgan fingerprint density at radius 1 is 1.25 bits per heavy atom. The van der Waals surface area contributed by atoms with E-state index in [-0.39, 0.29) is 5.41 Å². The molecule has 1 atom stereocenters. The van der Waals surface area contributed by atoms with Crippen molar-refractivity contribution in [1.82, 2.24) is 19.6 Å². The van der Waals surface area contributed by atoms with Gasteiger partial charge in [-0.05, 0) is 24.4 Å². The minimum absolute atomic E-state index is 0.288. The van der Waals surface area contributed by atoms with Gasteiger partial charge in [-0.15, -0.1) is 11.3 Å². The van der Waals surface area contributed by atoms with Gasteiger partial charge in [0.2, 0.25) is 0 Å². The van der Waals surface area contributed by atoms with Crippen molar-refractivity contribution < 1.29 is 4.74 Å². The molecule has 0 bridgehead atoms. The first-order valence-electron chi connectivity index (χ1n) is 8.73. The fraction of sp³-hybridized carbons (Fsp3) is 0.611. The minimum Gasteiger partial charge on any atom is -0.379 e. The summed E-state index contributed by atoms with van der Waals surface area (Å²) in [6, 6.07) is 4.39. The van der Waals surface area contributed by atoms with Crippen molar-refractivity contribution >= 4 is 11.3 Å². The van der Waals surface area contributed by atoms with Crippen molar-refractivity contribution in [3.8, 4) is 0 Å². The van der Waals surface area contributed by atoms with Crippen molar-refractivity contribution in [3.63, 3.8) is 0 Å². The van der Waals surface area contributed by atoms with Crippen LogP contribution in [0.25, 0.3) is 0 Å². The molecule has 2 aromatic rings. The number of nitrogens with zero attached hydrogens (tertiary/aromatic N) is 4. The summed E-state index contributed by atoms with van der Waals surface area (Å²) in [5, 5.41) is 6.47. The quantitative estimate of drug-likeness (QED) is 0.850. The predicted octanol–water partition coefficient (Wildman–Crippen LogP) is 2.21. The fourth-order valence-corrected chi connectivity index (χ4v) is 4.81. The van der Waals surface area contributed by atoms with Crippen LogP contribution in [0, 0.1) is 5.41 Å². The lowest BCUT2D eigenvalue weighted by Crippen LogP contribution is -2.40. The van der Waals surface area contributed by atoms with Crippen LogP contribution in [0.15, 0.2) is 29.9 Å². The van der Waals surface area contributed by atoms with Gasteiger partial charge < -0.3 is 4.74 Å². The second kappa shape index (κ2) is 6.96. The maximum atomic E-state index is 6.00. The molecule has 2 fully saturated rings. The van der Waals surface area contributed by atoms with E-state index in [1.165, 1.54) is 23.4 Å². The van der Waals surface area contributed by atoms with E-state index in [1.807, 2.05) is 29.3 Å². The van der Waals surface area contributed by atoms with E-state index >= 15 is 0 Å². The van der Waals surface area contributed by atoms with E-state index in [1.54, 1.807) is 0 Å². The average molecular weight is 347 g/mol. The number of rotatable bonds is 4. The second-order valence-electron chi connectivity index (χ2n) is 7.33. The van der Waals surface area contributed by atoms with Crippen LogP contribution in [-0.4, -0.2) is 59.0 Å². The molecule has 0 aliphatic carbocycles. The molecule has 2 aliphatic rings. The molecule has 130 valence electrons. The monoisotopic (exact) mass is 346 g/mol. The van der Waals surface area contributed by atoms with E-state index in [0.717, 1.165) is 45.9 Å². The molecule has 24 heavy (non-hydrogen) atoms. The van der Waals surface area contributed by atoms with E-state index in [4.69, 9.17) is 4.74 Å². The van der Waals surface area contributed by atoms with Crippen molar-refractivity contribution in [3.05, 3.63) is 40.3 Å². The van der Waals surface area contributed by atoms with Gasteiger partial charge in [0.15, 0.2) is 0 Å². The van der Waals surface area contributed by atoms with Gasteiger partial charge in [-0.25, -0.2) is 0 Å².